The van der Waals surface area contributed by atoms with Gasteiger partial charge in [0.05, 0.1) is 17.0 Å². The minimum absolute atomic E-state index is 0.405. The third kappa shape index (κ3) is 3.40. The van der Waals surface area contributed by atoms with Crippen LogP contribution in [0.15, 0.2) is 23.1 Å². The normalized spacial score (nSPS) is 11.4. The third-order valence-corrected chi connectivity index (χ3v) is 3.10. The van der Waals surface area contributed by atoms with Crippen LogP contribution in [-0.2, 0) is 10.0 Å². The lowest BCUT2D eigenvalue weighted by atomic mass is 10.3. The number of anilines is 1. The van der Waals surface area contributed by atoms with Gasteiger partial charge < -0.3 is 0 Å². The summed E-state index contributed by atoms with van der Waals surface area (Å²) >= 11 is 7.42. The molecule has 0 aliphatic rings. The lowest BCUT2D eigenvalue weighted by Gasteiger charge is -2.06. The van der Waals surface area contributed by atoms with Crippen molar-refractivity contribution in [1.82, 2.24) is 0 Å². The van der Waals surface area contributed by atoms with E-state index in [0.29, 0.717) is 10.7 Å². The SMILES string of the molecule is CSc1ccc(NS(C)(=O)=O)c(Cl)c1. The van der Waals surface area contributed by atoms with Crippen LogP contribution in [-0.4, -0.2) is 20.9 Å². The van der Waals surface area contributed by atoms with Crippen LogP contribution in [0.1, 0.15) is 0 Å². The summed E-state index contributed by atoms with van der Waals surface area (Å²) in [5, 5.41) is 0.405. The molecule has 0 saturated carbocycles. The van der Waals surface area contributed by atoms with Crippen LogP contribution in [0.3, 0.4) is 0 Å². The first-order valence-electron chi connectivity index (χ1n) is 3.74. The topological polar surface area (TPSA) is 46.2 Å². The van der Waals surface area contributed by atoms with Crippen LogP contribution >= 0.6 is 23.4 Å². The third-order valence-electron chi connectivity index (χ3n) is 1.47. The first kappa shape index (κ1) is 11.7. The van der Waals surface area contributed by atoms with Crippen LogP contribution in [0, 0.1) is 0 Å². The van der Waals surface area contributed by atoms with Gasteiger partial charge in [0.15, 0.2) is 0 Å². The Balaban J connectivity index is 3.01. The highest BCUT2D eigenvalue weighted by Gasteiger charge is 2.06. The molecule has 1 aromatic rings. The van der Waals surface area contributed by atoms with E-state index in [0.717, 1.165) is 11.2 Å². The molecule has 0 atom stereocenters. The summed E-state index contributed by atoms with van der Waals surface area (Å²) in [7, 11) is -3.26. The monoisotopic (exact) mass is 251 g/mol. The predicted octanol–water partition coefficient (Wildman–Crippen LogP) is 2.43. The molecule has 0 spiro atoms. The average molecular weight is 252 g/mol. The highest BCUT2D eigenvalue weighted by atomic mass is 35.5. The molecule has 0 radical (unpaired) electrons. The number of nitrogens with one attached hydrogen (secondary N) is 1. The van der Waals surface area contributed by atoms with Crippen LogP contribution < -0.4 is 4.72 Å². The molecule has 0 unspecified atom stereocenters. The minimum atomic E-state index is -3.26. The Morgan fingerprint density at radius 3 is 2.50 bits per heavy atom. The van der Waals surface area contributed by atoms with Crippen molar-refractivity contribution in [3.8, 4) is 0 Å². The molecule has 0 aliphatic heterocycles. The van der Waals surface area contributed by atoms with E-state index >= 15 is 0 Å². The van der Waals surface area contributed by atoms with Gasteiger partial charge in [-0.1, -0.05) is 11.6 Å². The van der Waals surface area contributed by atoms with Crippen molar-refractivity contribution in [1.29, 1.82) is 0 Å². The quantitative estimate of drug-likeness (QED) is 0.840. The second kappa shape index (κ2) is 4.42. The summed E-state index contributed by atoms with van der Waals surface area (Å²) in [6, 6.07) is 5.18. The molecule has 1 N–H and O–H groups in total. The van der Waals surface area contributed by atoms with Gasteiger partial charge >= 0.3 is 0 Å². The van der Waals surface area contributed by atoms with E-state index in [-0.39, 0.29) is 0 Å². The van der Waals surface area contributed by atoms with Gasteiger partial charge in [0.1, 0.15) is 0 Å². The lowest BCUT2D eigenvalue weighted by molar-refractivity contribution is 0.607. The van der Waals surface area contributed by atoms with E-state index in [4.69, 9.17) is 11.6 Å². The minimum Gasteiger partial charge on any atom is -0.282 e. The maximum Gasteiger partial charge on any atom is 0.229 e. The first-order chi connectivity index (χ1) is 6.42. The summed E-state index contributed by atoms with van der Waals surface area (Å²) in [5.74, 6) is 0. The number of thioether (sulfide) groups is 1. The fourth-order valence-electron chi connectivity index (χ4n) is 0.905. The Kier molecular flexibility index (Phi) is 3.69. The van der Waals surface area contributed by atoms with E-state index < -0.39 is 10.0 Å². The molecule has 14 heavy (non-hydrogen) atoms. The molecule has 0 aromatic heterocycles. The van der Waals surface area contributed by atoms with E-state index in [9.17, 15) is 8.42 Å². The molecule has 0 bridgehead atoms. The van der Waals surface area contributed by atoms with Gasteiger partial charge in [0.25, 0.3) is 0 Å². The zero-order valence-electron chi connectivity index (χ0n) is 7.74. The van der Waals surface area contributed by atoms with Crippen LogP contribution in [0.5, 0.6) is 0 Å². The maximum absolute atomic E-state index is 10.9. The Hall–Kier alpha value is -0.390. The van der Waals surface area contributed by atoms with Crippen molar-refractivity contribution in [3.05, 3.63) is 23.2 Å². The molecule has 1 rings (SSSR count). The van der Waals surface area contributed by atoms with E-state index in [1.54, 1.807) is 23.9 Å². The number of hydrogen-bond donors (Lipinski definition) is 1. The fourth-order valence-corrected chi connectivity index (χ4v) is 2.27. The molecule has 0 heterocycles. The molecule has 1 aromatic carbocycles. The fraction of sp³-hybridized carbons (Fsp3) is 0.250. The largest absolute Gasteiger partial charge is 0.282 e. The van der Waals surface area contributed by atoms with Gasteiger partial charge in [-0.25, -0.2) is 8.42 Å². The standard InChI is InChI=1S/C8H10ClNO2S2/c1-13-6-3-4-8(7(9)5-6)10-14(2,11)12/h3-5,10H,1-2H3. The molecular weight excluding hydrogens is 242 g/mol. The van der Waals surface area contributed by atoms with Crippen molar-refractivity contribution in [2.24, 2.45) is 0 Å². The second-order valence-electron chi connectivity index (χ2n) is 2.72. The summed E-state index contributed by atoms with van der Waals surface area (Å²) in [6.45, 7) is 0. The molecule has 78 valence electrons. The van der Waals surface area contributed by atoms with Crippen molar-refractivity contribution in [2.75, 3.05) is 17.2 Å². The molecule has 0 amide bonds. The number of halogens is 1. The highest BCUT2D eigenvalue weighted by molar-refractivity contribution is 7.98. The van der Waals surface area contributed by atoms with Gasteiger partial charge in [-0.05, 0) is 24.5 Å². The highest BCUT2D eigenvalue weighted by Crippen LogP contribution is 2.27. The van der Waals surface area contributed by atoms with Gasteiger partial charge in [-0.15, -0.1) is 11.8 Å². The van der Waals surface area contributed by atoms with Gasteiger partial charge in [-0.2, -0.15) is 0 Å². The number of hydrogen-bond acceptors (Lipinski definition) is 3. The van der Waals surface area contributed by atoms with E-state index in [1.165, 1.54) is 0 Å². The summed E-state index contributed by atoms with van der Waals surface area (Å²) in [6.07, 6.45) is 3.02. The van der Waals surface area contributed by atoms with Crippen molar-refractivity contribution >= 4 is 39.1 Å². The molecular formula is C8H10ClNO2S2. The van der Waals surface area contributed by atoms with E-state index in [1.807, 2.05) is 12.3 Å². The van der Waals surface area contributed by atoms with Crippen molar-refractivity contribution in [3.63, 3.8) is 0 Å². The average Bonchev–Trinajstić information content (AvgIpc) is 2.06. The predicted molar refractivity (Wildman–Crippen MR) is 61.7 cm³/mol. The zero-order valence-corrected chi connectivity index (χ0v) is 10.1. The van der Waals surface area contributed by atoms with Crippen LogP contribution in [0.2, 0.25) is 5.02 Å². The number of sulfonamides is 1. The Bertz CT molecular complexity index is 431. The lowest BCUT2D eigenvalue weighted by Crippen LogP contribution is -2.09. The summed E-state index contributed by atoms with van der Waals surface area (Å²) in [4.78, 5) is 0.994. The van der Waals surface area contributed by atoms with Crippen LogP contribution in [0.25, 0.3) is 0 Å². The summed E-state index contributed by atoms with van der Waals surface area (Å²) < 4.78 is 24.2. The molecule has 6 heteroatoms. The molecule has 0 fully saturated rings. The number of rotatable bonds is 3. The Morgan fingerprint density at radius 2 is 2.07 bits per heavy atom. The van der Waals surface area contributed by atoms with E-state index in [2.05, 4.69) is 4.72 Å². The van der Waals surface area contributed by atoms with Gasteiger partial charge in [0, 0.05) is 4.90 Å². The second-order valence-corrected chi connectivity index (χ2v) is 5.76. The molecule has 3 nitrogen and oxygen atoms in total. The molecule has 0 saturated heterocycles. The summed E-state index contributed by atoms with van der Waals surface area (Å²) in [5.41, 5.74) is 0.409. The van der Waals surface area contributed by atoms with Crippen molar-refractivity contribution in [2.45, 2.75) is 4.90 Å². The Labute approximate surface area is 92.9 Å². The zero-order chi connectivity index (χ0) is 10.8. The first-order valence-corrected chi connectivity index (χ1v) is 7.23. The van der Waals surface area contributed by atoms with Crippen molar-refractivity contribution < 1.29 is 8.42 Å². The molecule has 0 aliphatic carbocycles. The number of benzene rings is 1. The van der Waals surface area contributed by atoms with Gasteiger partial charge in [0.2, 0.25) is 10.0 Å². The maximum atomic E-state index is 10.9. The van der Waals surface area contributed by atoms with Crippen LogP contribution in [0.4, 0.5) is 5.69 Å². The van der Waals surface area contributed by atoms with Gasteiger partial charge in [-0.3, -0.25) is 4.72 Å². The smallest absolute Gasteiger partial charge is 0.229 e. The Morgan fingerprint density at radius 1 is 1.43 bits per heavy atom.